The summed E-state index contributed by atoms with van der Waals surface area (Å²) in [4.78, 5) is 17.1. The Labute approximate surface area is 155 Å². The molecule has 2 unspecified atom stereocenters. The molecule has 0 radical (unpaired) electrons. The molecule has 0 aliphatic heterocycles. The zero-order chi connectivity index (χ0) is 17.4. The molecule has 0 bridgehead atoms. The summed E-state index contributed by atoms with van der Waals surface area (Å²) in [6.45, 7) is 0. The van der Waals surface area contributed by atoms with Gasteiger partial charge in [-0.2, -0.15) is 0 Å². The van der Waals surface area contributed by atoms with Gasteiger partial charge in [0.15, 0.2) is 11.6 Å². The Kier molecular flexibility index (Phi) is 4.27. The number of hydrogen-bond acceptors (Lipinski definition) is 5. The number of methoxy groups -OCH3 is 1. The predicted octanol–water partition coefficient (Wildman–Crippen LogP) is 4.52. The molecule has 25 heavy (non-hydrogen) atoms. The Morgan fingerprint density at radius 1 is 0.920 bits per heavy atom. The van der Waals surface area contributed by atoms with Crippen LogP contribution in [0.25, 0.3) is 11.6 Å². The fourth-order valence-electron chi connectivity index (χ4n) is 2.94. The van der Waals surface area contributed by atoms with Crippen LogP contribution in [0.15, 0.2) is 43.0 Å². The van der Waals surface area contributed by atoms with Crippen LogP contribution >= 0.6 is 23.2 Å². The minimum absolute atomic E-state index is 0.367. The van der Waals surface area contributed by atoms with Gasteiger partial charge in [-0.05, 0) is 47.6 Å². The summed E-state index contributed by atoms with van der Waals surface area (Å²) >= 11 is 12.3. The molecule has 1 aliphatic carbocycles. The Balaban J connectivity index is 1.55. The van der Waals surface area contributed by atoms with E-state index >= 15 is 0 Å². The topological polar surface area (TPSA) is 60.8 Å². The van der Waals surface area contributed by atoms with Gasteiger partial charge in [0, 0.05) is 24.8 Å². The van der Waals surface area contributed by atoms with E-state index in [1.165, 1.54) is 0 Å². The van der Waals surface area contributed by atoms with Gasteiger partial charge in [-0.15, -0.1) is 0 Å². The molecular formula is C18H14Cl2N4O. The van der Waals surface area contributed by atoms with Crippen molar-refractivity contribution in [1.82, 2.24) is 19.9 Å². The summed E-state index contributed by atoms with van der Waals surface area (Å²) in [7, 11) is 1.59. The first kappa shape index (κ1) is 16.2. The third-order valence-electron chi connectivity index (χ3n) is 4.32. The van der Waals surface area contributed by atoms with Crippen molar-refractivity contribution < 1.29 is 4.74 Å². The van der Waals surface area contributed by atoms with E-state index < -0.39 is 0 Å². The third-order valence-corrected chi connectivity index (χ3v) is 5.11. The van der Waals surface area contributed by atoms with E-state index in [0.717, 1.165) is 17.5 Å². The van der Waals surface area contributed by atoms with Crippen LogP contribution in [0.4, 0.5) is 0 Å². The standard InChI is InChI=1S/C18H14Cl2N4O/c1-25-15-6-10(5-14(19)16(15)20)12-7-13(12)11-8-23-18(24-9-11)17-21-3-2-4-22-17/h2-6,8-9,12-13H,7H2,1H3. The van der Waals surface area contributed by atoms with Crippen molar-refractivity contribution in [2.45, 2.75) is 18.3 Å². The summed E-state index contributed by atoms with van der Waals surface area (Å²) in [5.41, 5.74) is 2.21. The van der Waals surface area contributed by atoms with Crippen molar-refractivity contribution in [1.29, 1.82) is 0 Å². The first-order valence-corrected chi connectivity index (χ1v) is 8.55. The minimum atomic E-state index is 0.367. The van der Waals surface area contributed by atoms with Gasteiger partial charge < -0.3 is 4.74 Å². The molecule has 3 aromatic rings. The Bertz CT molecular complexity index is 903. The Morgan fingerprint density at radius 2 is 1.56 bits per heavy atom. The van der Waals surface area contributed by atoms with Crippen molar-refractivity contribution >= 4 is 23.2 Å². The van der Waals surface area contributed by atoms with Gasteiger partial charge in [0.2, 0.25) is 0 Å². The van der Waals surface area contributed by atoms with Gasteiger partial charge in [-0.3, -0.25) is 0 Å². The van der Waals surface area contributed by atoms with E-state index in [1.54, 1.807) is 25.6 Å². The average molecular weight is 373 g/mol. The Morgan fingerprint density at radius 3 is 2.24 bits per heavy atom. The molecule has 126 valence electrons. The fraction of sp³-hybridized carbons (Fsp3) is 0.222. The molecule has 0 saturated heterocycles. The number of nitrogens with zero attached hydrogens (tertiary/aromatic N) is 4. The predicted molar refractivity (Wildman–Crippen MR) is 96.2 cm³/mol. The highest BCUT2D eigenvalue weighted by molar-refractivity contribution is 6.43. The number of ether oxygens (including phenoxy) is 1. The highest BCUT2D eigenvalue weighted by Gasteiger charge is 2.40. The summed E-state index contributed by atoms with van der Waals surface area (Å²) in [5, 5.41) is 0.954. The second-order valence-electron chi connectivity index (χ2n) is 5.88. The van der Waals surface area contributed by atoms with Crippen molar-refractivity contribution in [2.75, 3.05) is 7.11 Å². The smallest absolute Gasteiger partial charge is 0.197 e. The Hall–Kier alpha value is -2.24. The van der Waals surface area contributed by atoms with Crippen LogP contribution in [0.3, 0.4) is 0 Å². The molecule has 4 rings (SSSR count). The molecule has 1 aliphatic rings. The molecule has 2 atom stereocenters. The van der Waals surface area contributed by atoms with Crippen molar-refractivity contribution in [3.05, 3.63) is 64.2 Å². The first-order valence-electron chi connectivity index (χ1n) is 7.79. The number of halogens is 2. The first-order chi connectivity index (χ1) is 12.2. The van der Waals surface area contributed by atoms with Gasteiger partial charge in [0.25, 0.3) is 0 Å². The summed E-state index contributed by atoms with van der Waals surface area (Å²) < 4.78 is 5.30. The van der Waals surface area contributed by atoms with Crippen LogP contribution < -0.4 is 4.74 Å². The fourth-order valence-corrected chi connectivity index (χ4v) is 3.34. The third kappa shape index (κ3) is 3.17. The summed E-state index contributed by atoms with van der Waals surface area (Å²) in [6, 6.07) is 5.62. The van der Waals surface area contributed by atoms with E-state index in [4.69, 9.17) is 27.9 Å². The van der Waals surface area contributed by atoms with E-state index in [-0.39, 0.29) is 0 Å². The summed E-state index contributed by atoms with van der Waals surface area (Å²) in [5.74, 6) is 2.38. The highest BCUT2D eigenvalue weighted by atomic mass is 35.5. The zero-order valence-corrected chi connectivity index (χ0v) is 14.9. The van der Waals surface area contributed by atoms with Crippen molar-refractivity contribution in [3.8, 4) is 17.4 Å². The molecule has 0 amide bonds. The number of aromatic nitrogens is 4. The average Bonchev–Trinajstić information content (AvgIpc) is 3.45. The van der Waals surface area contributed by atoms with Crippen LogP contribution in [-0.4, -0.2) is 27.0 Å². The lowest BCUT2D eigenvalue weighted by molar-refractivity contribution is 0.414. The van der Waals surface area contributed by atoms with E-state index in [1.807, 2.05) is 24.5 Å². The maximum atomic E-state index is 6.20. The lowest BCUT2D eigenvalue weighted by Crippen LogP contribution is -1.96. The van der Waals surface area contributed by atoms with Crippen LogP contribution in [0, 0.1) is 0 Å². The van der Waals surface area contributed by atoms with Crippen molar-refractivity contribution in [2.24, 2.45) is 0 Å². The second-order valence-corrected chi connectivity index (χ2v) is 6.67. The molecule has 1 fully saturated rings. The van der Waals surface area contributed by atoms with Gasteiger partial charge >= 0.3 is 0 Å². The second kappa shape index (κ2) is 6.58. The molecule has 5 nitrogen and oxygen atoms in total. The molecule has 1 aromatic carbocycles. The lowest BCUT2D eigenvalue weighted by atomic mass is 10.1. The SMILES string of the molecule is COc1cc(C2CC2c2cnc(-c3ncccn3)nc2)cc(Cl)c1Cl. The monoisotopic (exact) mass is 372 g/mol. The number of hydrogen-bond donors (Lipinski definition) is 0. The zero-order valence-electron chi connectivity index (χ0n) is 13.4. The van der Waals surface area contributed by atoms with Gasteiger partial charge in [0.1, 0.15) is 10.8 Å². The van der Waals surface area contributed by atoms with E-state index in [2.05, 4.69) is 19.9 Å². The largest absolute Gasteiger partial charge is 0.495 e. The normalized spacial score (nSPS) is 18.8. The maximum absolute atomic E-state index is 6.20. The molecular weight excluding hydrogens is 359 g/mol. The lowest BCUT2D eigenvalue weighted by Gasteiger charge is -2.08. The molecule has 2 aromatic heterocycles. The molecule has 2 heterocycles. The van der Waals surface area contributed by atoms with Crippen LogP contribution in [0.2, 0.25) is 10.0 Å². The van der Waals surface area contributed by atoms with E-state index in [0.29, 0.717) is 39.3 Å². The highest BCUT2D eigenvalue weighted by Crippen LogP contribution is 2.55. The van der Waals surface area contributed by atoms with E-state index in [9.17, 15) is 0 Å². The number of rotatable bonds is 4. The van der Waals surface area contributed by atoms with Gasteiger partial charge in [0.05, 0.1) is 12.1 Å². The van der Waals surface area contributed by atoms with Crippen LogP contribution in [0.5, 0.6) is 5.75 Å². The quantitative estimate of drug-likeness (QED) is 0.673. The van der Waals surface area contributed by atoms with Gasteiger partial charge in [-0.1, -0.05) is 23.2 Å². The summed E-state index contributed by atoms with van der Waals surface area (Å²) in [6.07, 6.45) is 8.06. The number of benzene rings is 1. The van der Waals surface area contributed by atoms with Gasteiger partial charge in [-0.25, -0.2) is 19.9 Å². The van der Waals surface area contributed by atoms with Crippen LogP contribution in [-0.2, 0) is 0 Å². The maximum Gasteiger partial charge on any atom is 0.197 e. The molecule has 7 heteroatoms. The molecule has 0 spiro atoms. The minimum Gasteiger partial charge on any atom is -0.495 e. The molecule has 1 saturated carbocycles. The van der Waals surface area contributed by atoms with Crippen LogP contribution in [0.1, 0.15) is 29.4 Å². The molecule has 0 N–H and O–H groups in total. The van der Waals surface area contributed by atoms with Crippen molar-refractivity contribution in [3.63, 3.8) is 0 Å².